The number of nitrogens with zero attached hydrogens (tertiary/aromatic N) is 1. The number of thiazole rings is 1. The first-order valence-electron chi connectivity index (χ1n) is 4.22. The Labute approximate surface area is 89.3 Å². The summed E-state index contributed by atoms with van der Waals surface area (Å²) >= 11 is 1.31. The molecule has 0 aliphatic heterocycles. The Kier molecular flexibility index (Phi) is 2.29. The number of hydrogen-bond donors (Lipinski definition) is 3. The Morgan fingerprint density at radius 1 is 1.53 bits per heavy atom. The van der Waals surface area contributed by atoms with Crippen molar-refractivity contribution in [3.63, 3.8) is 0 Å². The summed E-state index contributed by atoms with van der Waals surface area (Å²) in [5, 5.41) is 9.21. The van der Waals surface area contributed by atoms with Gasteiger partial charge in [0, 0.05) is 0 Å². The molecule has 0 radical (unpaired) electrons. The molecule has 1 unspecified atom stereocenters. The molecule has 6 heteroatoms. The summed E-state index contributed by atoms with van der Waals surface area (Å²) in [6, 6.07) is 4.08. The van der Waals surface area contributed by atoms with Crippen molar-refractivity contribution < 1.29 is 9.90 Å². The quantitative estimate of drug-likeness (QED) is 0.703. The molecular formula is C9H9N3O2S. The maximum absolute atomic E-state index is 10.7. The second kappa shape index (κ2) is 3.48. The summed E-state index contributed by atoms with van der Waals surface area (Å²) in [5.74, 6) is -1.05. The third-order valence-corrected chi connectivity index (χ3v) is 2.90. The fourth-order valence-corrected chi connectivity index (χ4v) is 2.08. The van der Waals surface area contributed by atoms with Crippen molar-refractivity contribution in [1.29, 1.82) is 0 Å². The van der Waals surface area contributed by atoms with Gasteiger partial charge in [0.05, 0.1) is 10.2 Å². The maximum atomic E-state index is 10.7. The van der Waals surface area contributed by atoms with E-state index in [0.717, 1.165) is 10.2 Å². The number of benzene rings is 1. The standard InChI is InChI=1S/C9H9N3O2S/c10-7(8(13)14)4-1-2-5-6(3-4)15-9(11)12-5/h1-3,7H,10H2,(H2,11,12)(H,13,14). The van der Waals surface area contributed by atoms with Crippen molar-refractivity contribution in [2.24, 2.45) is 5.73 Å². The minimum absolute atomic E-state index is 0.464. The Morgan fingerprint density at radius 2 is 2.27 bits per heavy atom. The average Bonchev–Trinajstić information content (AvgIpc) is 2.55. The van der Waals surface area contributed by atoms with Gasteiger partial charge in [-0.1, -0.05) is 17.4 Å². The van der Waals surface area contributed by atoms with Gasteiger partial charge in [0.1, 0.15) is 6.04 Å². The molecule has 78 valence electrons. The summed E-state index contributed by atoms with van der Waals surface area (Å²) in [5.41, 5.74) is 12.3. The molecule has 1 heterocycles. The first kappa shape index (κ1) is 9.88. The smallest absolute Gasteiger partial charge is 0.325 e. The molecular weight excluding hydrogens is 214 g/mol. The fraction of sp³-hybridized carbons (Fsp3) is 0.111. The highest BCUT2D eigenvalue weighted by Crippen LogP contribution is 2.26. The molecule has 0 spiro atoms. The molecule has 1 aromatic heterocycles. The largest absolute Gasteiger partial charge is 0.480 e. The van der Waals surface area contributed by atoms with E-state index >= 15 is 0 Å². The van der Waals surface area contributed by atoms with Crippen molar-refractivity contribution in [3.8, 4) is 0 Å². The second-order valence-corrected chi connectivity index (χ2v) is 4.16. The molecule has 1 atom stereocenters. The number of nitrogen functional groups attached to an aromatic ring is 1. The lowest BCUT2D eigenvalue weighted by Crippen LogP contribution is -2.20. The summed E-state index contributed by atoms with van der Waals surface area (Å²) in [7, 11) is 0. The van der Waals surface area contributed by atoms with Crippen molar-refractivity contribution in [3.05, 3.63) is 23.8 Å². The predicted octanol–water partition coefficient (Wildman–Crippen LogP) is 0.963. The fourth-order valence-electron chi connectivity index (χ4n) is 1.30. The van der Waals surface area contributed by atoms with E-state index in [0.29, 0.717) is 10.7 Å². The Morgan fingerprint density at radius 3 is 2.93 bits per heavy atom. The number of fused-ring (bicyclic) bond motifs is 1. The zero-order valence-electron chi connectivity index (χ0n) is 7.68. The molecule has 5 N–H and O–H groups in total. The first-order valence-corrected chi connectivity index (χ1v) is 5.04. The third-order valence-electron chi connectivity index (χ3n) is 2.05. The molecule has 0 saturated heterocycles. The summed E-state index contributed by atoms with van der Waals surface area (Å²) in [6.07, 6.45) is 0. The van der Waals surface area contributed by atoms with Crippen molar-refractivity contribution in [2.75, 3.05) is 5.73 Å². The zero-order valence-corrected chi connectivity index (χ0v) is 8.49. The van der Waals surface area contributed by atoms with Crippen molar-refractivity contribution >= 4 is 32.7 Å². The van der Waals surface area contributed by atoms with E-state index in [-0.39, 0.29) is 0 Å². The van der Waals surface area contributed by atoms with E-state index in [1.807, 2.05) is 0 Å². The van der Waals surface area contributed by atoms with E-state index in [4.69, 9.17) is 16.6 Å². The van der Waals surface area contributed by atoms with Crippen LogP contribution in [0.2, 0.25) is 0 Å². The third kappa shape index (κ3) is 1.77. The van der Waals surface area contributed by atoms with E-state index in [2.05, 4.69) is 4.98 Å². The molecule has 5 nitrogen and oxygen atoms in total. The van der Waals surface area contributed by atoms with Crippen LogP contribution >= 0.6 is 11.3 Å². The molecule has 2 aromatic rings. The lowest BCUT2D eigenvalue weighted by atomic mass is 10.1. The van der Waals surface area contributed by atoms with Crippen LogP contribution in [0.3, 0.4) is 0 Å². The number of nitrogens with two attached hydrogens (primary N) is 2. The van der Waals surface area contributed by atoms with Crippen LogP contribution in [0.4, 0.5) is 5.13 Å². The lowest BCUT2D eigenvalue weighted by Gasteiger charge is -2.05. The van der Waals surface area contributed by atoms with E-state index in [1.54, 1.807) is 18.2 Å². The van der Waals surface area contributed by atoms with Crippen LogP contribution in [0.1, 0.15) is 11.6 Å². The molecule has 0 bridgehead atoms. The lowest BCUT2D eigenvalue weighted by molar-refractivity contribution is -0.138. The highest BCUT2D eigenvalue weighted by molar-refractivity contribution is 7.22. The van der Waals surface area contributed by atoms with E-state index in [1.165, 1.54) is 11.3 Å². The predicted molar refractivity (Wildman–Crippen MR) is 58.6 cm³/mol. The van der Waals surface area contributed by atoms with Crippen LogP contribution in [-0.4, -0.2) is 16.1 Å². The first-order chi connectivity index (χ1) is 7.08. The van der Waals surface area contributed by atoms with Gasteiger partial charge in [0.25, 0.3) is 0 Å². The van der Waals surface area contributed by atoms with Crippen LogP contribution in [0, 0.1) is 0 Å². The minimum atomic E-state index is -1.05. The minimum Gasteiger partial charge on any atom is -0.480 e. The maximum Gasteiger partial charge on any atom is 0.325 e. The van der Waals surface area contributed by atoms with Crippen LogP contribution in [-0.2, 0) is 4.79 Å². The molecule has 15 heavy (non-hydrogen) atoms. The molecule has 2 rings (SSSR count). The zero-order chi connectivity index (χ0) is 11.0. The summed E-state index contributed by atoms with van der Waals surface area (Å²) in [4.78, 5) is 14.7. The SMILES string of the molecule is Nc1nc2ccc(C(N)C(=O)O)cc2s1. The Balaban J connectivity index is 2.50. The average molecular weight is 223 g/mol. The number of aliphatic carboxylic acids is 1. The molecule has 0 fully saturated rings. The van der Waals surface area contributed by atoms with Gasteiger partial charge in [-0.2, -0.15) is 0 Å². The van der Waals surface area contributed by atoms with Crippen LogP contribution in [0.5, 0.6) is 0 Å². The van der Waals surface area contributed by atoms with Crippen LogP contribution in [0.25, 0.3) is 10.2 Å². The Hall–Kier alpha value is -1.66. The molecule has 0 aliphatic carbocycles. The van der Waals surface area contributed by atoms with Gasteiger partial charge < -0.3 is 16.6 Å². The number of aromatic nitrogens is 1. The Bertz CT molecular complexity index is 523. The van der Waals surface area contributed by atoms with E-state index < -0.39 is 12.0 Å². The second-order valence-electron chi connectivity index (χ2n) is 3.10. The van der Waals surface area contributed by atoms with E-state index in [9.17, 15) is 4.79 Å². The van der Waals surface area contributed by atoms with Gasteiger partial charge in [0.15, 0.2) is 5.13 Å². The molecule has 1 aromatic carbocycles. The molecule has 0 aliphatic rings. The van der Waals surface area contributed by atoms with Gasteiger partial charge in [-0.05, 0) is 17.7 Å². The van der Waals surface area contributed by atoms with Crippen LogP contribution < -0.4 is 11.5 Å². The van der Waals surface area contributed by atoms with Gasteiger partial charge in [-0.3, -0.25) is 4.79 Å². The van der Waals surface area contributed by atoms with Crippen molar-refractivity contribution in [2.45, 2.75) is 6.04 Å². The topological polar surface area (TPSA) is 102 Å². The monoisotopic (exact) mass is 223 g/mol. The van der Waals surface area contributed by atoms with Gasteiger partial charge in [-0.15, -0.1) is 0 Å². The van der Waals surface area contributed by atoms with Gasteiger partial charge in [-0.25, -0.2) is 4.98 Å². The number of anilines is 1. The molecule has 0 amide bonds. The van der Waals surface area contributed by atoms with Gasteiger partial charge in [0.2, 0.25) is 0 Å². The number of carboxylic acid groups (broad SMARTS) is 1. The normalized spacial score (nSPS) is 12.9. The summed E-state index contributed by atoms with van der Waals surface area (Å²) in [6.45, 7) is 0. The summed E-state index contributed by atoms with van der Waals surface area (Å²) < 4.78 is 0.849. The highest BCUT2D eigenvalue weighted by Gasteiger charge is 2.15. The molecule has 0 saturated carbocycles. The number of carbonyl (C=O) groups is 1. The highest BCUT2D eigenvalue weighted by atomic mass is 32.1. The number of hydrogen-bond acceptors (Lipinski definition) is 5. The van der Waals surface area contributed by atoms with Crippen molar-refractivity contribution in [1.82, 2.24) is 4.98 Å². The number of carboxylic acids is 1. The van der Waals surface area contributed by atoms with Crippen LogP contribution in [0.15, 0.2) is 18.2 Å². The number of rotatable bonds is 2. The van der Waals surface area contributed by atoms with Gasteiger partial charge >= 0.3 is 5.97 Å².